The molecule has 0 spiro atoms. The molecular weight excluding hydrogens is 336 g/mol. The first-order valence-electron chi connectivity index (χ1n) is 6.78. The van der Waals surface area contributed by atoms with Crippen molar-refractivity contribution in [3.63, 3.8) is 0 Å². The molecule has 0 aliphatic carbocycles. The zero-order valence-electron chi connectivity index (χ0n) is 12.5. The number of halogens is 1. The third kappa shape index (κ3) is 6.27. The number of rotatable bonds is 6. The van der Waals surface area contributed by atoms with Crippen LogP contribution in [0.3, 0.4) is 0 Å². The lowest BCUT2D eigenvalue weighted by Gasteiger charge is -2.17. The highest BCUT2D eigenvalue weighted by Gasteiger charge is 2.15. The van der Waals surface area contributed by atoms with Gasteiger partial charge >= 0.3 is 5.97 Å². The summed E-state index contributed by atoms with van der Waals surface area (Å²) in [4.78, 5) is 23.5. The fraction of sp³-hybridized carbons (Fsp3) is 0.467. The third-order valence-electron chi connectivity index (χ3n) is 2.75. The molecular formula is C15H21BrN2O3. The monoisotopic (exact) mass is 356 g/mol. The Labute approximate surface area is 133 Å². The molecule has 21 heavy (non-hydrogen) atoms. The first-order chi connectivity index (χ1) is 9.73. The maximum atomic E-state index is 11.9. The molecule has 116 valence electrons. The Hall–Kier alpha value is -1.40. The minimum absolute atomic E-state index is 0.113. The topological polar surface area (TPSA) is 81.4 Å². The van der Waals surface area contributed by atoms with Gasteiger partial charge in [-0.25, -0.2) is 4.79 Å². The van der Waals surface area contributed by atoms with Crippen molar-refractivity contribution in [2.24, 2.45) is 5.73 Å². The molecule has 0 unspecified atom stereocenters. The zero-order chi connectivity index (χ0) is 16.0. The van der Waals surface area contributed by atoms with E-state index in [0.29, 0.717) is 35.2 Å². The fourth-order valence-corrected chi connectivity index (χ4v) is 2.08. The van der Waals surface area contributed by atoms with E-state index in [1.807, 2.05) is 13.8 Å². The molecule has 0 aromatic heterocycles. The molecule has 6 heteroatoms. The largest absolute Gasteiger partial charge is 0.462 e. The molecule has 1 aromatic rings. The van der Waals surface area contributed by atoms with Gasteiger partial charge in [-0.1, -0.05) is 0 Å². The lowest BCUT2D eigenvalue weighted by atomic mass is 10.00. The summed E-state index contributed by atoms with van der Waals surface area (Å²) in [6.07, 6.45) is 0.937. The van der Waals surface area contributed by atoms with Gasteiger partial charge in [-0.05, 0) is 61.3 Å². The van der Waals surface area contributed by atoms with Gasteiger partial charge in [0.2, 0.25) is 5.91 Å². The Kier molecular flexibility index (Phi) is 6.36. The van der Waals surface area contributed by atoms with Gasteiger partial charge in [0.25, 0.3) is 0 Å². The van der Waals surface area contributed by atoms with Crippen molar-refractivity contribution in [1.29, 1.82) is 0 Å². The zero-order valence-corrected chi connectivity index (χ0v) is 14.1. The normalized spacial score (nSPS) is 11.1. The number of hydrogen-bond donors (Lipinski definition) is 2. The first kappa shape index (κ1) is 17.7. The van der Waals surface area contributed by atoms with E-state index in [2.05, 4.69) is 21.2 Å². The summed E-state index contributed by atoms with van der Waals surface area (Å²) in [5.41, 5.74) is 6.52. The van der Waals surface area contributed by atoms with Gasteiger partial charge in [0.1, 0.15) is 0 Å². The van der Waals surface area contributed by atoms with Crippen molar-refractivity contribution in [3.05, 3.63) is 28.2 Å². The number of esters is 1. The van der Waals surface area contributed by atoms with Crippen molar-refractivity contribution in [1.82, 2.24) is 0 Å². The van der Waals surface area contributed by atoms with Crippen LogP contribution in [0.25, 0.3) is 0 Å². The molecule has 1 aromatic carbocycles. The van der Waals surface area contributed by atoms with E-state index in [-0.39, 0.29) is 17.4 Å². The van der Waals surface area contributed by atoms with Crippen LogP contribution < -0.4 is 11.1 Å². The second kappa shape index (κ2) is 7.56. The lowest BCUT2D eigenvalue weighted by molar-refractivity contribution is -0.116. The van der Waals surface area contributed by atoms with Gasteiger partial charge in [0, 0.05) is 16.4 Å². The van der Waals surface area contributed by atoms with E-state index in [9.17, 15) is 9.59 Å². The van der Waals surface area contributed by atoms with E-state index in [0.717, 1.165) is 0 Å². The maximum Gasteiger partial charge on any atom is 0.338 e. The number of hydrogen-bond acceptors (Lipinski definition) is 4. The Morgan fingerprint density at radius 2 is 2.05 bits per heavy atom. The molecule has 0 fully saturated rings. The predicted molar refractivity (Wildman–Crippen MR) is 86.2 cm³/mol. The van der Waals surface area contributed by atoms with E-state index in [1.54, 1.807) is 25.1 Å². The number of amides is 1. The van der Waals surface area contributed by atoms with Crippen LogP contribution in [0.1, 0.15) is 44.0 Å². The Balaban J connectivity index is 2.68. The van der Waals surface area contributed by atoms with Crippen LogP contribution in [-0.2, 0) is 9.53 Å². The van der Waals surface area contributed by atoms with Crippen LogP contribution in [-0.4, -0.2) is 24.0 Å². The number of ether oxygens (including phenoxy) is 1. The summed E-state index contributed by atoms with van der Waals surface area (Å²) in [5, 5.41) is 2.79. The van der Waals surface area contributed by atoms with Crippen molar-refractivity contribution >= 4 is 33.5 Å². The molecule has 0 aliphatic heterocycles. The highest BCUT2D eigenvalue weighted by molar-refractivity contribution is 9.10. The second-order valence-corrected chi connectivity index (χ2v) is 6.31. The molecule has 1 amide bonds. The minimum Gasteiger partial charge on any atom is -0.462 e. The number of carbonyl (C=O) groups is 2. The summed E-state index contributed by atoms with van der Waals surface area (Å²) >= 11 is 3.34. The predicted octanol–water partition coefficient (Wildman–Crippen LogP) is 3.08. The van der Waals surface area contributed by atoms with E-state index in [4.69, 9.17) is 10.5 Å². The Morgan fingerprint density at radius 1 is 1.38 bits per heavy atom. The summed E-state index contributed by atoms with van der Waals surface area (Å²) < 4.78 is 5.55. The fourth-order valence-electron chi connectivity index (χ4n) is 1.61. The summed E-state index contributed by atoms with van der Waals surface area (Å²) in [5.74, 6) is -0.501. The molecule has 5 nitrogen and oxygen atoms in total. The molecule has 1 rings (SSSR count). The molecule has 0 radical (unpaired) electrons. The average molecular weight is 357 g/mol. The van der Waals surface area contributed by atoms with Crippen molar-refractivity contribution in [2.45, 2.75) is 39.2 Å². The van der Waals surface area contributed by atoms with Gasteiger partial charge in [-0.3, -0.25) is 4.79 Å². The van der Waals surface area contributed by atoms with Gasteiger partial charge < -0.3 is 15.8 Å². The lowest BCUT2D eigenvalue weighted by Crippen LogP contribution is -2.33. The Bertz CT molecular complexity index is 524. The van der Waals surface area contributed by atoms with Gasteiger partial charge in [-0.2, -0.15) is 0 Å². The van der Waals surface area contributed by atoms with Crippen LogP contribution in [0.4, 0.5) is 5.69 Å². The smallest absolute Gasteiger partial charge is 0.338 e. The van der Waals surface area contributed by atoms with E-state index < -0.39 is 0 Å². The van der Waals surface area contributed by atoms with Gasteiger partial charge in [-0.15, -0.1) is 0 Å². The first-order valence-corrected chi connectivity index (χ1v) is 7.57. The van der Waals surface area contributed by atoms with Gasteiger partial charge in [0.15, 0.2) is 0 Å². The molecule has 0 bridgehead atoms. The molecule has 0 atom stereocenters. The summed E-state index contributed by atoms with van der Waals surface area (Å²) in [7, 11) is 0. The summed E-state index contributed by atoms with van der Waals surface area (Å²) in [6.45, 7) is 5.83. The van der Waals surface area contributed by atoms with Crippen LogP contribution >= 0.6 is 15.9 Å². The Morgan fingerprint density at radius 3 is 2.57 bits per heavy atom. The van der Waals surface area contributed by atoms with Gasteiger partial charge in [0.05, 0.1) is 17.9 Å². The van der Waals surface area contributed by atoms with E-state index in [1.165, 1.54) is 0 Å². The van der Waals surface area contributed by atoms with Crippen LogP contribution in [0.5, 0.6) is 0 Å². The molecule has 0 saturated heterocycles. The maximum absolute atomic E-state index is 11.9. The molecule has 0 saturated carbocycles. The second-order valence-electron chi connectivity index (χ2n) is 5.45. The number of anilines is 1. The number of benzene rings is 1. The minimum atomic E-state index is -0.388. The summed E-state index contributed by atoms with van der Waals surface area (Å²) in [6, 6.07) is 4.91. The highest BCUT2D eigenvalue weighted by Crippen LogP contribution is 2.24. The quantitative estimate of drug-likeness (QED) is 0.767. The van der Waals surface area contributed by atoms with Crippen molar-refractivity contribution in [2.75, 3.05) is 11.9 Å². The molecule has 3 N–H and O–H groups in total. The van der Waals surface area contributed by atoms with Crippen molar-refractivity contribution in [3.8, 4) is 0 Å². The highest BCUT2D eigenvalue weighted by atomic mass is 79.9. The van der Waals surface area contributed by atoms with Crippen LogP contribution in [0.2, 0.25) is 0 Å². The van der Waals surface area contributed by atoms with Crippen LogP contribution in [0, 0.1) is 0 Å². The number of nitrogens with two attached hydrogens (primary N) is 1. The average Bonchev–Trinajstić information content (AvgIpc) is 2.38. The van der Waals surface area contributed by atoms with Crippen molar-refractivity contribution < 1.29 is 14.3 Å². The number of nitrogens with one attached hydrogen (secondary N) is 1. The molecule has 0 heterocycles. The number of carbonyl (C=O) groups excluding carboxylic acids is 2. The van der Waals surface area contributed by atoms with Crippen LogP contribution in [0.15, 0.2) is 22.7 Å². The standard InChI is InChI=1S/C15H21BrN2O3/c1-4-21-14(20)10-5-6-12(11(16)9-10)18-13(19)7-8-15(2,3)17/h5-6,9H,4,7-8,17H2,1-3H3,(H,18,19). The third-order valence-corrected chi connectivity index (χ3v) is 3.41. The molecule has 0 aliphatic rings. The van der Waals surface area contributed by atoms with E-state index >= 15 is 0 Å². The SMILES string of the molecule is CCOC(=O)c1ccc(NC(=O)CCC(C)(C)N)c(Br)c1.